The summed E-state index contributed by atoms with van der Waals surface area (Å²) in [5.74, 6) is 1.63. The summed E-state index contributed by atoms with van der Waals surface area (Å²) >= 11 is 0. The molecule has 6 heteroatoms. The predicted molar refractivity (Wildman–Crippen MR) is 147 cm³/mol. The molecule has 0 bridgehead atoms. The first-order valence-electron chi connectivity index (χ1n) is 12.8. The number of ketones is 1. The molecule has 0 aliphatic carbocycles. The van der Waals surface area contributed by atoms with Crippen molar-refractivity contribution in [3.8, 4) is 23.0 Å². The first kappa shape index (κ1) is 24.5. The Labute approximate surface area is 226 Å². The number of hydrogen-bond donors (Lipinski definition) is 0. The predicted octanol–water partition coefficient (Wildman–Crippen LogP) is 6.37. The Hall–Kier alpha value is -4.84. The normalized spacial score (nSPS) is 16.7. The molecule has 1 atom stereocenters. The zero-order valence-corrected chi connectivity index (χ0v) is 21.4. The van der Waals surface area contributed by atoms with Crippen LogP contribution in [0.3, 0.4) is 0 Å². The summed E-state index contributed by atoms with van der Waals surface area (Å²) in [5.41, 5.74) is 3.97. The van der Waals surface area contributed by atoms with Gasteiger partial charge in [0.2, 0.25) is 5.78 Å². The molecule has 39 heavy (non-hydrogen) atoms. The van der Waals surface area contributed by atoms with Crippen LogP contribution in [0.15, 0.2) is 96.8 Å². The average molecular weight is 519 g/mol. The highest BCUT2D eigenvalue weighted by Gasteiger charge is 2.39. The Bertz CT molecular complexity index is 1570. The maximum Gasteiger partial charge on any atom is 0.312 e. The number of para-hydroxylation sites is 1. The fraction of sp³-hybridized carbons (Fsp3) is 0.152. The summed E-state index contributed by atoms with van der Waals surface area (Å²) in [4.78, 5) is 25.9. The summed E-state index contributed by atoms with van der Waals surface area (Å²) in [5, 5.41) is 0. The van der Waals surface area contributed by atoms with Crippen molar-refractivity contribution in [3.63, 3.8) is 0 Å². The van der Waals surface area contributed by atoms with Crippen molar-refractivity contribution >= 4 is 17.8 Å². The third-order valence-electron chi connectivity index (χ3n) is 6.98. The van der Waals surface area contributed by atoms with Crippen molar-refractivity contribution < 1.29 is 28.5 Å². The molecule has 4 aromatic carbocycles. The molecule has 194 valence electrons. The number of ether oxygens (including phenoxy) is 4. The minimum Gasteiger partial charge on any atom is -0.497 e. The second kappa shape index (κ2) is 10.5. The molecule has 0 saturated carbocycles. The van der Waals surface area contributed by atoms with Crippen molar-refractivity contribution in [1.82, 2.24) is 0 Å². The van der Waals surface area contributed by atoms with Gasteiger partial charge in [0.05, 0.1) is 25.7 Å². The molecule has 6 rings (SSSR count). The number of carbonyl (C=O) groups excluding carboxylic acids is 2. The van der Waals surface area contributed by atoms with Crippen LogP contribution >= 0.6 is 0 Å². The number of allylic oxidation sites excluding steroid dienone is 1. The number of Topliss-reactive ketones (excluding diaryl/α,β-unsaturated/α-hetero) is 1. The molecular weight excluding hydrogens is 492 g/mol. The van der Waals surface area contributed by atoms with Crippen LogP contribution in [0, 0.1) is 0 Å². The standard InChI is InChI=1S/C33H26O6/c1-36-23-13-11-21(12-14-23)17-18-37-27-10-6-5-9-24(27)26-20-30(34)38-28-16-15-25-32(35)29(39-33(25)31(26)28)19-22-7-3-2-4-8-22/h2-16,19,26H,17-18,20H2,1H3/b29-19-. The topological polar surface area (TPSA) is 71.1 Å². The Kier molecular flexibility index (Phi) is 6.59. The summed E-state index contributed by atoms with van der Waals surface area (Å²) in [6.45, 7) is 0.458. The SMILES string of the molecule is COc1ccc(CCOc2ccccc2C2CC(=O)Oc3ccc4c(c32)O/C(=C\c2ccccc2)C4=O)cc1. The fourth-order valence-corrected chi connectivity index (χ4v) is 5.04. The van der Waals surface area contributed by atoms with Crippen LogP contribution in [0.2, 0.25) is 0 Å². The fourth-order valence-electron chi connectivity index (χ4n) is 5.04. The number of methoxy groups -OCH3 is 1. The molecule has 0 aromatic heterocycles. The molecule has 0 amide bonds. The maximum absolute atomic E-state index is 13.2. The molecule has 2 aliphatic heterocycles. The van der Waals surface area contributed by atoms with Gasteiger partial charge >= 0.3 is 5.97 Å². The number of carbonyl (C=O) groups is 2. The van der Waals surface area contributed by atoms with Crippen molar-refractivity contribution in [2.75, 3.05) is 13.7 Å². The highest BCUT2D eigenvalue weighted by Crippen LogP contribution is 2.50. The van der Waals surface area contributed by atoms with E-state index in [1.807, 2.05) is 78.9 Å². The average Bonchev–Trinajstić information content (AvgIpc) is 3.28. The van der Waals surface area contributed by atoms with Crippen LogP contribution in [0.1, 0.15) is 45.0 Å². The van der Waals surface area contributed by atoms with Crippen LogP contribution in [0.25, 0.3) is 6.08 Å². The lowest BCUT2D eigenvalue weighted by Crippen LogP contribution is -2.22. The van der Waals surface area contributed by atoms with E-state index >= 15 is 0 Å². The monoisotopic (exact) mass is 518 g/mol. The van der Waals surface area contributed by atoms with Crippen LogP contribution < -0.4 is 18.9 Å². The lowest BCUT2D eigenvalue weighted by molar-refractivity contribution is -0.135. The lowest BCUT2D eigenvalue weighted by atomic mass is 9.84. The van der Waals surface area contributed by atoms with E-state index in [2.05, 4.69) is 0 Å². The molecule has 2 heterocycles. The lowest BCUT2D eigenvalue weighted by Gasteiger charge is -2.27. The Morgan fingerprint density at radius 3 is 2.44 bits per heavy atom. The summed E-state index contributed by atoms with van der Waals surface area (Å²) in [6.07, 6.45) is 2.55. The van der Waals surface area contributed by atoms with Crippen LogP contribution in [0.4, 0.5) is 0 Å². The minimum absolute atomic E-state index is 0.109. The second-order valence-corrected chi connectivity index (χ2v) is 9.42. The molecule has 1 unspecified atom stereocenters. The molecule has 0 spiro atoms. The Morgan fingerprint density at radius 2 is 1.64 bits per heavy atom. The van der Waals surface area contributed by atoms with Gasteiger partial charge in [0.1, 0.15) is 23.0 Å². The molecule has 0 N–H and O–H groups in total. The van der Waals surface area contributed by atoms with Crippen molar-refractivity contribution in [1.29, 1.82) is 0 Å². The first-order chi connectivity index (χ1) is 19.1. The quantitative estimate of drug-likeness (QED) is 0.161. The van der Waals surface area contributed by atoms with E-state index in [-0.39, 0.29) is 23.9 Å². The van der Waals surface area contributed by atoms with E-state index in [1.54, 1.807) is 25.3 Å². The largest absolute Gasteiger partial charge is 0.497 e. The zero-order chi connectivity index (χ0) is 26.8. The highest BCUT2D eigenvalue weighted by atomic mass is 16.5. The molecule has 6 nitrogen and oxygen atoms in total. The summed E-state index contributed by atoms with van der Waals surface area (Å²) in [7, 11) is 1.64. The third kappa shape index (κ3) is 4.89. The van der Waals surface area contributed by atoms with Crippen molar-refractivity contribution in [2.45, 2.75) is 18.8 Å². The van der Waals surface area contributed by atoms with Crippen LogP contribution in [0.5, 0.6) is 23.0 Å². The van der Waals surface area contributed by atoms with Gasteiger partial charge in [-0.25, -0.2) is 0 Å². The number of rotatable bonds is 7. The summed E-state index contributed by atoms with van der Waals surface area (Å²) < 4.78 is 23.2. The van der Waals surface area contributed by atoms with Gasteiger partial charge in [-0.05, 0) is 47.5 Å². The minimum atomic E-state index is -0.391. The van der Waals surface area contributed by atoms with Gasteiger partial charge in [-0.3, -0.25) is 9.59 Å². The van der Waals surface area contributed by atoms with E-state index in [9.17, 15) is 9.59 Å². The van der Waals surface area contributed by atoms with Crippen molar-refractivity contribution in [2.24, 2.45) is 0 Å². The molecule has 0 fully saturated rings. The van der Waals surface area contributed by atoms with E-state index in [0.29, 0.717) is 41.4 Å². The number of fused-ring (bicyclic) bond motifs is 3. The van der Waals surface area contributed by atoms with Crippen molar-refractivity contribution in [3.05, 3.63) is 125 Å². The van der Waals surface area contributed by atoms with Gasteiger partial charge in [-0.2, -0.15) is 0 Å². The summed E-state index contributed by atoms with van der Waals surface area (Å²) in [6, 6.07) is 28.4. The van der Waals surface area contributed by atoms with E-state index in [0.717, 1.165) is 22.4 Å². The molecule has 2 aliphatic rings. The number of hydrogen-bond acceptors (Lipinski definition) is 6. The van der Waals surface area contributed by atoms with Crippen LogP contribution in [-0.2, 0) is 11.2 Å². The molecule has 0 saturated heterocycles. The second-order valence-electron chi connectivity index (χ2n) is 9.42. The van der Waals surface area contributed by atoms with Gasteiger partial charge < -0.3 is 18.9 Å². The zero-order valence-electron chi connectivity index (χ0n) is 21.4. The highest BCUT2D eigenvalue weighted by molar-refractivity contribution is 6.15. The maximum atomic E-state index is 13.2. The molecular formula is C33H26O6. The number of benzene rings is 4. The van der Waals surface area contributed by atoms with E-state index < -0.39 is 5.92 Å². The number of esters is 1. The van der Waals surface area contributed by atoms with Gasteiger partial charge in [-0.1, -0.05) is 60.7 Å². The van der Waals surface area contributed by atoms with Gasteiger partial charge in [-0.15, -0.1) is 0 Å². The van der Waals surface area contributed by atoms with E-state index in [4.69, 9.17) is 18.9 Å². The molecule has 4 aromatic rings. The Balaban J connectivity index is 1.31. The Morgan fingerprint density at radius 1 is 0.872 bits per heavy atom. The van der Waals surface area contributed by atoms with E-state index in [1.165, 1.54) is 0 Å². The third-order valence-corrected chi connectivity index (χ3v) is 6.98. The van der Waals surface area contributed by atoms with Gasteiger partial charge in [0, 0.05) is 23.5 Å². The smallest absolute Gasteiger partial charge is 0.312 e. The van der Waals surface area contributed by atoms with Crippen LogP contribution in [-0.4, -0.2) is 25.5 Å². The van der Waals surface area contributed by atoms with Gasteiger partial charge in [0.25, 0.3) is 0 Å². The van der Waals surface area contributed by atoms with Gasteiger partial charge in [0.15, 0.2) is 5.76 Å². The first-order valence-corrected chi connectivity index (χ1v) is 12.8. The molecule has 0 radical (unpaired) electrons.